The molecule has 0 atom stereocenters. The van der Waals surface area contributed by atoms with Gasteiger partial charge in [-0.2, -0.15) is 0 Å². The fourth-order valence-corrected chi connectivity index (χ4v) is 0. The van der Waals surface area contributed by atoms with E-state index in [-0.39, 0.29) is 31.3 Å². The molecule has 0 aromatic rings. The summed E-state index contributed by atoms with van der Waals surface area (Å²) in [5.74, 6) is 0. The average molecular weight is 278 g/mol. The molecule has 0 amide bonds. The summed E-state index contributed by atoms with van der Waals surface area (Å²) < 4.78 is 0. The van der Waals surface area contributed by atoms with Gasteiger partial charge in [0.1, 0.15) is 0 Å². The topological polar surface area (TPSA) is 0 Å². The van der Waals surface area contributed by atoms with Crippen LogP contribution in [-0.2, 0) is 24.9 Å². The summed E-state index contributed by atoms with van der Waals surface area (Å²) in [5.41, 5.74) is 0. The predicted octanol–water partition coefficient (Wildman–Crippen LogP) is -5.30. The van der Waals surface area contributed by atoms with Gasteiger partial charge < -0.3 is 12.4 Å². The Hall–Kier alpha value is 2.11. The molecule has 0 N–H and O–H groups in total. The molecule has 0 saturated heterocycles. The largest absolute Gasteiger partial charge is 1.00 e. The van der Waals surface area contributed by atoms with Crippen LogP contribution in [0.3, 0.4) is 0 Å². The Bertz CT molecular complexity index is 6.00. The first kappa shape index (κ1) is 16.5. The molecule has 0 nitrogen and oxygen atoms in total. The second-order valence-electron chi connectivity index (χ2n) is 0. The summed E-state index contributed by atoms with van der Waals surface area (Å²) in [6.45, 7) is 0. The first-order valence-electron chi connectivity index (χ1n) is 0.267. The maximum atomic E-state index is 4.83. The second-order valence-corrected chi connectivity index (χ2v) is 0. The van der Waals surface area contributed by atoms with Gasteiger partial charge >= 0.3 is 52.0 Å². The summed E-state index contributed by atoms with van der Waals surface area (Å²) in [4.78, 5) is 0. The number of hydrogen-bond acceptors (Lipinski definition) is 0. The number of hydrogen-bond donors (Lipinski definition) is 0. The minimum Gasteiger partial charge on any atom is 1.00 e. The van der Waals surface area contributed by atoms with Crippen LogP contribution in [0.1, 0.15) is 0 Å². The van der Waals surface area contributed by atoms with E-state index >= 15 is 0 Å². The maximum absolute atomic E-state index is 4.83. The molecule has 17 valence electrons. The molecule has 0 spiro atoms. The van der Waals surface area contributed by atoms with Crippen LogP contribution in [-0.4, -0.2) is 0 Å². The van der Waals surface area contributed by atoms with E-state index in [1.165, 1.54) is 0 Å². The first-order valence-corrected chi connectivity index (χ1v) is 7.04. The molecule has 0 aliphatic carbocycles. The maximum Gasteiger partial charge on any atom is 1.00 e. The van der Waals surface area contributed by atoms with Crippen molar-refractivity contribution in [1.82, 2.24) is 0 Å². The van der Waals surface area contributed by atoms with Crippen molar-refractivity contribution in [3.05, 3.63) is 0 Å². The van der Waals surface area contributed by atoms with Crippen molar-refractivity contribution >= 4 is 8.25 Å². The van der Waals surface area contributed by atoms with Gasteiger partial charge in [-0.15, -0.1) is 0 Å². The third kappa shape index (κ3) is 8.93. The molecule has 4 heavy (non-hydrogen) atoms. The van der Waals surface area contributed by atoms with Gasteiger partial charge in [0.25, 0.3) is 0 Å². The van der Waals surface area contributed by atoms with Crippen LogP contribution in [0.4, 0.5) is 0 Å². The molecule has 0 aromatic carbocycles. The zero-order valence-electron chi connectivity index (χ0n) is 2.46. The van der Waals surface area contributed by atoms with Crippen LogP contribution < -0.4 is 31.3 Å². The average Bonchev–Trinajstić information content (AvgIpc) is 1.00. The smallest absolute Gasteiger partial charge is 1.00 e. The van der Waals surface area contributed by atoms with Crippen LogP contribution >= 0.6 is 8.25 Å². The Balaban J connectivity index is -0.00000000500. The second kappa shape index (κ2) is 19.4. The number of rotatable bonds is 0. The van der Waals surface area contributed by atoms with E-state index < -0.39 is 0 Å². The Morgan fingerprint density at radius 1 is 1.25 bits per heavy atom. The first-order chi connectivity index (χ1) is 1.00. The van der Waals surface area contributed by atoms with Gasteiger partial charge in [0.05, 0.1) is 0 Å². The van der Waals surface area contributed by atoms with Crippen LogP contribution in [0.25, 0.3) is 0 Å². The molecule has 0 aliphatic rings. The Morgan fingerprint density at radius 3 is 1.25 bits per heavy atom. The third-order valence-corrected chi connectivity index (χ3v) is 0. The molecule has 0 aromatic heterocycles. The minimum atomic E-state index is 0. The Kier molecular flexibility index (Phi) is 79.9. The van der Waals surface area contributed by atoms with Gasteiger partial charge in [-0.25, -0.2) is 0 Å². The van der Waals surface area contributed by atoms with Crippen molar-refractivity contribution in [3.63, 3.8) is 0 Å². The monoisotopic (exact) mass is 279 g/mol. The molecule has 0 saturated carbocycles. The van der Waals surface area contributed by atoms with E-state index in [9.17, 15) is 0 Å². The summed E-state index contributed by atoms with van der Waals surface area (Å²) in [6, 6.07) is 0. The molecule has 0 fully saturated rings. The number of halogens is 2. The van der Waals surface area contributed by atoms with Crippen LogP contribution in [0, 0.1) is 0 Å². The van der Waals surface area contributed by atoms with Gasteiger partial charge in [-0.05, 0) is 0 Å². The van der Waals surface area contributed by atoms with Crippen molar-refractivity contribution in [3.8, 4) is 0 Å². The van der Waals surface area contributed by atoms with E-state index in [1.54, 1.807) is 0 Å². The molecule has 0 unspecified atom stereocenters. The fourth-order valence-electron chi connectivity index (χ4n) is 0. The van der Waals surface area contributed by atoms with Crippen molar-refractivity contribution in [2.45, 2.75) is 0 Å². The molecule has 0 rings (SSSR count). The summed E-state index contributed by atoms with van der Waals surface area (Å²) in [5, 5.41) is 0. The van der Waals surface area contributed by atoms with Crippen molar-refractivity contribution < 1.29 is 56.2 Å². The molecular weight excluding hydrogens is 278 g/mol. The summed E-state index contributed by atoms with van der Waals surface area (Å²) in [7, 11) is 4.83. The van der Waals surface area contributed by atoms with Gasteiger partial charge in [0.2, 0.25) is 0 Å². The van der Waals surface area contributed by atoms with Gasteiger partial charge in [0, 0.05) is 0 Å². The minimum absolute atomic E-state index is 0. The summed E-state index contributed by atoms with van der Waals surface area (Å²) >= 11 is 0.500. The van der Waals surface area contributed by atoms with Crippen molar-refractivity contribution in [2.24, 2.45) is 0 Å². The van der Waals surface area contributed by atoms with E-state index in [4.69, 9.17) is 8.25 Å². The van der Waals surface area contributed by atoms with Crippen molar-refractivity contribution in [2.75, 3.05) is 0 Å². The molecule has 0 aliphatic heterocycles. The predicted molar refractivity (Wildman–Crippen MR) is 5.85 cm³/mol. The standard InChI is InChI=1S/2ClH.Hg.Li/h2*1H;;/q;;2*+1/p-2. The fraction of sp³-hybridized carbons (Fsp3) is 0. The van der Waals surface area contributed by atoms with Crippen LogP contribution in [0.2, 0.25) is 0 Å². The van der Waals surface area contributed by atoms with Crippen LogP contribution in [0.5, 0.6) is 0 Å². The van der Waals surface area contributed by atoms with Gasteiger partial charge in [0.15, 0.2) is 0 Å². The van der Waals surface area contributed by atoms with E-state index in [2.05, 4.69) is 0 Å². The van der Waals surface area contributed by atoms with E-state index in [0.29, 0.717) is 24.9 Å². The zero-order chi connectivity index (χ0) is 2.00. The quantitative estimate of drug-likeness (QED) is 0.388. The molecule has 0 heterocycles. The molecular formula is Cl2HgLi. The normalized spacial score (nSPS) is 1.75. The van der Waals surface area contributed by atoms with E-state index in [1.807, 2.05) is 0 Å². The van der Waals surface area contributed by atoms with E-state index in [0.717, 1.165) is 0 Å². The van der Waals surface area contributed by atoms with Crippen LogP contribution in [0.15, 0.2) is 0 Å². The molecule has 4 heteroatoms. The SMILES string of the molecule is [Cl-].[Cl][Hg].[Li+]. The Labute approximate surface area is 63.7 Å². The van der Waals surface area contributed by atoms with Gasteiger partial charge in [-0.1, -0.05) is 0 Å². The third-order valence-electron chi connectivity index (χ3n) is 0. The Morgan fingerprint density at radius 2 is 1.25 bits per heavy atom. The molecule has 0 radical (unpaired) electrons. The molecule has 0 bridgehead atoms. The van der Waals surface area contributed by atoms with Crippen molar-refractivity contribution in [1.29, 1.82) is 0 Å². The zero-order valence-corrected chi connectivity index (χ0v) is 9.47. The van der Waals surface area contributed by atoms with Gasteiger partial charge in [-0.3, -0.25) is 0 Å². The summed E-state index contributed by atoms with van der Waals surface area (Å²) in [6.07, 6.45) is 0.